The average molecular weight is 447 g/mol. The summed E-state index contributed by atoms with van der Waals surface area (Å²) in [6, 6.07) is 7.45. The summed E-state index contributed by atoms with van der Waals surface area (Å²) in [5, 5.41) is 11.1. The van der Waals surface area contributed by atoms with Crippen molar-refractivity contribution in [2.45, 2.75) is 25.3 Å². The second kappa shape index (κ2) is 8.23. The zero-order valence-electron chi connectivity index (χ0n) is 17.2. The number of benzene rings is 1. The third-order valence-corrected chi connectivity index (χ3v) is 7.32. The van der Waals surface area contributed by atoms with Crippen LogP contribution < -0.4 is 0 Å². The number of nitrogens with zero attached hydrogens (tertiary/aromatic N) is 5. The second-order valence-electron chi connectivity index (χ2n) is 7.30. The van der Waals surface area contributed by atoms with Crippen LogP contribution in [0.4, 0.5) is 4.39 Å². The summed E-state index contributed by atoms with van der Waals surface area (Å²) in [4.78, 5) is 14.6. The summed E-state index contributed by atoms with van der Waals surface area (Å²) in [7, 11) is -3.67. The van der Waals surface area contributed by atoms with E-state index in [2.05, 4.69) is 15.3 Å². The predicted molar refractivity (Wildman–Crippen MR) is 111 cm³/mol. The molecule has 1 N–H and O–H groups in total. The van der Waals surface area contributed by atoms with Gasteiger partial charge in [0.2, 0.25) is 10.0 Å². The first kappa shape index (κ1) is 21.2. The molecule has 164 valence electrons. The summed E-state index contributed by atoms with van der Waals surface area (Å²) in [6.45, 7) is 5.09. The topological polar surface area (TPSA) is 104 Å². The molecule has 1 aliphatic heterocycles. The molecule has 1 saturated heterocycles. The van der Waals surface area contributed by atoms with Gasteiger partial charge in [0.05, 0.1) is 11.4 Å². The van der Waals surface area contributed by atoms with Gasteiger partial charge in [-0.1, -0.05) is 0 Å². The standard InChI is InChI=1S/C20H23FN6O3S/c1-3-26-13-19(14(2)24-26)31(29,30)27-10-8-25(9-11-27)20(28)18-12-17(22-23-18)15-4-6-16(21)7-5-15/h4-7,12-13H,3,8-11H2,1-2H3,(H,22,23). The number of sulfonamides is 1. The van der Waals surface area contributed by atoms with Gasteiger partial charge in [-0.25, -0.2) is 12.8 Å². The number of halogens is 1. The number of hydrogen-bond acceptors (Lipinski definition) is 5. The number of aromatic amines is 1. The van der Waals surface area contributed by atoms with Crippen LogP contribution in [0.15, 0.2) is 41.4 Å². The van der Waals surface area contributed by atoms with Gasteiger partial charge in [0.1, 0.15) is 16.4 Å². The van der Waals surface area contributed by atoms with Crippen LogP contribution in [0.1, 0.15) is 23.1 Å². The number of aromatic nitrogens is 4. The van der Waals surface area contributed by atoms with Gasteiger partial charge in [-0.05, 0) is 44.2 Å². The highest BCUT2D eigenvalue weighted by molar-refractivity contribution is 7.89. The van der Waals surface area contributed by atoms with Gasteiger partial charge >= 0.3 is 0 Å². The van der Waals surface area contributed by atoms with Crippen molar-refractivity contribution in [3.63, 3.8) is 0 Å². The quantitative estimate of drug-likeness (QED) is 0.645. The fraction of sp³-hybridized carbons (Fsp3) is 0.350. The molecule has 3 heterocycles. The van der Waals surface area contributed by atoms with Gasteiger partial charge in [-0.3, -0.25) is 14.6 Å². The lowest BCUT2D eigenvalue weighted by Crippen LogP contribution is -2.50. The molecule has 9 nitrogen and oxygen atoms in total. The van der Waals surface area contributed by atoms with E-state index in [1.54, 1.807) is 40.9 Å². The third kappa shape index (κ3) is 4.10. The summed E-state index contributed by atoms with van der Waals surface area (Å²) in [6.07, 6.45) is 1.55. The van der Waals surface area contributed by atoms with Gasteiger partial charge in [0.25, 0.3) is 5.91 Å². The van der Waals surface area contributed by atoms with Gasteiger partial charge < -0.3 is 4.90 Å². The number of rotatable bonds is 5. The van der Waals surface area contributed by atoms with Crippen molar-refractivity contribution >= 4 is 15.9 Å². The van der Waals surface area contributed by atoms with E-state index >= 15 is 0 Å². The van der Waals surface area contributed by atoms with Crippen molar-refractivity contribution in [2.24, 2.45) is 0 Å². The molecule has 31 heavy (non-hydrogen) atoms. The maximum atomic E-state index is 13.1. The Kier molecular flexibility index (Phi) is 5.63. The van der Waals surface area contributed by atoms with Gasteiger partial charge in [0, 0.05) is 44.5 Å². The maximum absolute atomic E-state index is 13.1. The Morgan fingerprint density at radius 1 is 1.16 bits per heavy atom. The Balaban J connectivity index is 1.43. The predicted octanol–water partition coefficient (Wildman–Crippen LogP) is 1.89. The highest BCUT2D eigenvalue weighted by Gasteiger charge is 2.33. The first-order chi connectivity index (χ1) is 14.8. The van der Waals surface area contributed by atoms with Crippen molar-refractivity contribution in [3.05, 3.63) is 53.7 Å². The number of piperazine rings is 1. The van der Waals surface area contributed by atoms with Crippen LogP contribution in [0.5, 0.6) is 0 Å². The van der Waals surface area contributed by atoms with Crippen molar-refractivity contribution in [3.8, 4) is 11.3 Å². The van der Waals surface area contributed by atoms with E-state index < -0.39 is 10.0 Å². The number of carbonyl (C=O) groups excluding carboxylic acids is 1. The van der Waals surface area contributed by atoms with E-state index in [4.69, 9.17) is 0 Å². The van der Waals surface area contributed by atoms with Crippen molar-refractivity contribution in [2.75, 3.05) is 26.2 Å². The highest BCUT2D eigenvalue weighted by Crippen LogP contribution is 2.22. The minimum Gasteiger partial charge on any atom is -0.335 e. The molecule has 0 aliphatic carbocycles. The minimum absolute atomic E-state index is 0.198. The van der Waals surface area contributed by atoms with Crippen molar-refractivity contribution in [1.82, 2.24) is 29.2 Å². The Morgan fingerprint density at radius 3 is 2.45 bits per heavy atom. The SMILES string of the molecule is CCn1cc(S(=O)(=O)N2CCN(C(=O)c3cc(-c4ccc(F)cc4)n[nH]3)CC2)c(C)n1. The smallest absolute Gasteiger partial charge is 0.271 e. The molecule has 0 spiro atoms. The molecule has 1 amide bonds. The Morgan fingerprint density at radius 2 is 1.84 bits per heavy atom. The fourth-order valence-corrected chi connectivity index (χ4v) is 5.15. The van der Waals surface area contributed by atoms with E-state index in [1.807, 2.05) is 6.92 Å². The molecule has 0 saturated carbocycles. The van der Waals surface area contributed by atoms with Crippen LogP contribution in [-0.2, 0) is 16.6 Å². The molecular weight excluding hydrogens is 423 g/mol. The lowest BCUT2D eigenvalue weighted by atomic mass is 10.1. The van der Waals surface area contributed by atoms with E-state index in [9.17, 15) is 17.6 Å². The number of aryl methyl sites for hydroxylation is 2. The summed E-state index contributed by atoms with van der Waals surface area (Å²) < 4.78 is 42.1. The Hall–Kier alpha value is -3.05. The third-order valence-electron chi connectivity index (χ3n) is 5.32. The Labute approximate surface area is 179 Å². The molecule has 1 aromatic carbocycles. The Bertz CT molecular complexity index is 1190. The summed E-state index contributed by atoms with van der Waals surface area (Å²) >= 11 is 0. The maximum Gasteiger partial charge on any atom is 0.271 e. The molecule has 0 radical (unpaired) electrons. The monoisotopic (exact) mass is 446 g/mol. The number of hydrogen-bond donors (Lipinski definition) is 1. The van der Waals surface area contributed by atoms with Gasteiger partial charge in [0.15, 0.2) is 0 Å². The molecule has 1 aliphatic rings. The van der Waals surface area contributed by atoms with Crippen molar-refractivity contribution < 1.29 is 17.6 Å². The number of amides is 1. The van der Waals surface area contributed by atoms with Gasteiger partial charge in [-0.2, -0.15) is 14.5 Å². The van der Waals surface area contributed by atoms with Crippen LogP contribution >= 0.6 is 0 Å². The number of H-pyrrole nitrogens is 1. The van der Waals surface area contributed by atoms with E-state index in [-0.39, 0.29) is 42.8 Å². The molecule has 11 heteroatoms. The van der Waals surface area contributed by atoms with Crippen molar-refractivity contribution in [1.29, 1.82) is 0 Å². The van der Waals surface area contributed by atoms with Gasteiger partial charge in [-0.15, -0.1) is 0 Å². The first-order valence-corrected chi connectivity index (χ1v) is 11.4. The average Bonchev–Trinajstić information content (AvgIpc) is 3.41. The highest BCUT2D eigenvalue weighted by atomic mass is 32.2. The molecule has 1 fully saturated rings. The second-order valence-corrected chi connectivity index (χ2v) is 9.21. The van der Waals surface area contributed by atoms with Crippen LogP contribution in [0.25, 0.3) is 11.3 Å². The summed E-state index contributed by atoms with van der Waals surface area (Å²) in [5.41, 5.74) is 1.99. The molecule has 0 unspecified atom stereocenters. The molecular formula is C20H23FN6O3S. The fourth-order valence-electron chi connectivity index (χ4n) is 3.56. The van der Waals surface area contributed by atoms with Crippen LogP contribution in [0.2, 0.25) is 0 Å². The molecule has 0 atom stereocenters. The van der Waals surface area contributed by atoms with Crippen LogP contribution in [0, 0.1) is 12.7 Å². The summed E-state index contributed by atoms with van der Waals surface area (Å²) in [5.74, 6) is -0.603. The van der Waals surface area contributed by atoms with E-state index in [1.165, 1.54) is 16.4 Å². The largest absolute Gasteiger partial charge is 0.335 e. The van der Waals surface area contributed by atoms with E-state index in [0.29, 0.717) is 29.2 Å². The minimum atomic E-state index is -3.67. The number of nitrogens with one attached hydrogen (secondary N) is 1. The van der Waals surface area contributed by atoms with Crippen LogP contribution in [0.3, 0.4) is 0 Å². The first-order valence-electron chi connectivity index (χ1n) is 9.94. The zero-order chi connectivity index (χ0) is 22.2. The lowest BCUT2D eigenvalue weighted by molar-refractivity contribution is 0.0692. The molecule has 4 rings (SSSR count). The van der Waals surface area contributed by atoms with Crippen LogP contribution in [-0.4, -0.2) is 69.7 Å². The van der Waals surface area contributed by atoms with E-state index in [0.717, 1.165) is 0 Å². The number of carbonyl (C=O) groups is 1. The normalized spacial score (nSPS) is 15.4. The molecule has 3 aromatic rings. The molecule has 0 bridgehead atoms. The lowest BCUT2D eigenvalue weighted by Gasteiger charge is -2.33. The molecule has 2 aromatic heterocycles. The zero-order valence-corrected chi connectivity index (χ0v) is 18.1.